The van der Waals surface area contributed by atoms with Crippen LogP contribution in [0.15, 0.2) is 24.3 Å². The fraction of sp³-hybridized carbons (Fsp3) is 0.562. The van der Waals surface area contributed by atoms with Gasteiger partial charge in [-0.2, -0.15) is 0 Å². The average Bonchev–Trinajstić information content (AvgIpc) is 2.39. The van der Waals surface area contributed by atoms with Crippen LogP contribution < -0.4 is 4.74 Å². The molecule has 0 saturated carbocycles. The summed E-state index contributed by atoms with van der Waals surface area (Å²) in [6.07, 6.45) is 0.0908. The maximum Gasteiger partial charge on any atom is 0.266 e. The zero-order valence-electron chi connectivity index (χ0n) is 12.9. The zero-order valence-corrected chi connectivity index (χ0v) is 13.7. The molecule has 1 heterocycles. The summed E-state index contributed by atoms with van der Waals surface area (Å²) in [5.41, 5.74) is -0.926. The smallest absolute Gasteiger partial charge is 0.266 e. The highest BCUT2D eigenvalue weighted by atomic mass is 35.5. The Bertz CT molecular complexity index is 491. The molecule has 5 heteroatoms. The van der Waals surface area contributed by atoms with E-state index in [0.29, 0.717) is 23.9 Å². The van der Waals surface area contributed by atoms with E-state index in [1.807, 2.05) is 18.7 Å². The van der Waals surface area contributed by atoms with Crippen molar-refractivity contribution in [2.24, 2.45) is 0 Å². The Morgan fingerprint density at radius 3 is 2.29 bits per heavy atom. The maximum absolute atomic E-state index is 12.7. The Labute approximate surface area is 131 Å². The van der Waals surface area contributed by atoms with Crippen LogP contribution in [0.25, 0.3) is 0 Å². The van der Waals surface area contributed by atoms with Gasteiger partial charge in [0.2, 0.25) is 0 Å². The van der Waals surface area contributed by atoms with E-state index in [0.717, 1.165) is 0 Å². The summed E-state index contributed by atoms with van der Waals surface area (Å²) in [7, 11) is 0. The Kier molecular flexibility index (Phi) is 4.79. The van der Waals surface area contributed by atoms with E-state index in [1.165, 1.54) is 0 Å². The van der Waals surface area contributed by atoms with Crippen molar-refractivity contribution in [2.45, 2.75) is 45.5 Å². The van der Waals surface area contributed by atoms with Gasteiger partial charge in [0.05, 0.1) is 12.2 Å². The van der Waals surface area contributed by atoms with Crippen molar-refractivity contribution in [3.8, 4) is 5.75 Å². The van der Waals surface area contributed by atoms with Crippen molar-refractivity contribution in [1.29, 1.82) is 0 Å². The molecule has 1 saturated heterocycles. The lowest BCUT2D eigenvalue weighted by Gasteiger charge is -2.39. The summed E-state index contributed by atoms with van der Waals surface area (Å²) in [6.45, 7) is 8.71. The number of carbonyl (C=O) groups is 1. The van der Waals surface area contributed by atoms with E-state index in [2.05, 4.69) is 0 Å². The summed E-state index contributed by atoms with van der Waals surface area (Å²) in [5, 5.41) is 0.641. The molecule has 0 aliphatic carbocycles. The van der Waals surface area contributed by atoms with Gasteiger partial charge in [-0.05, 0) is 52.0 Å². The average molecular weight is 312 g/mol. The zero-order chi connectivity index (χ0) is 15.6. The van der Waals surface area contributed by atoms with Gasteiger partial charge in [-0.15, -0.1) is 0 Å². The number of benzene rings is 1. The first-order valence-corrected chi connectivity index (χ1v) is 7.55. The SMILES string of the molecule is C[C@@H]1CN(C(=O)C(C)(C)Oc2ccc(Cl)cc2)C[C@@H](C)O1. The number of amides is 1. The van der Waals surface area contributed by atoms with Crippen molar-refractivity contribution in [1.82, 2.24) is 4.90 Å². The third kappa shape index (κ3) is 4.11. The highest BCUT2D eigenvalue weighted by Crippen LogP contribution is 2.23. The van der Waals surface area contributed by atoms with E-state index in [9.17, 15) is 4.79 Å². The minimum atomic E-state index is -0.926. The second kappa shape index (κ2) is 6.24. The molecule has 0 N–H and O–H groups in total. The Morgan fingerprint density at radius 2 is 1.76 bits per heavy atom. The summed E-state index contributed by atoms with van der Waals surface area (Å²) >= 11 is 5.85. The number of rotatable bonds is 3. The van der Waals surface area contributed by atoms with Crippen LogP contribution in [0.1, 0.15) is 27.7 Å². The van der Waals surface area contributed by atoms with Gasteiger partial charge in [0, 0.05) is 18.1 Å². The lowest BCUT2D eigenvalue weighted by atomic mass is 10.1. The molecule has 116 valence electrons. The molecule has 0 aromatic heterocycles. The van der Waals surface area contributed by atoms with Gasteiger partial charge >= 0.3 is 0 Å². The molecule has 0 radical (unpaired) electrons. The third-order valence-electron chi connectivity index (χ3n) is 3.41. The van der Waals surface area contributed by atoms with Gasteiger partial charge in [-0.1, -0.05) is 11.6 Å². The molecule has 21 heavy (non-hydrogen) atoms. The number of nitrogens with zero attached hydrogens (tertiary/aromatic N) is 1. The van der Waals surface area contributed by atoms with Gasteiger partial charge in [-0.25, -0.2) is 0 Å². The Hall–Kier alpha value is -1.26. The number of hydrogen-bond donors (Lipinski definition) is 0. The van der Waals surface area contributed by atoms with Crippen LogP contribution in [0.2, 0.25) is 5.02 Å². The topological polar surface area (TPSA) is 38.8 Å². The molecule has 0 spiro atoms. The molecule has 2 atom stereocenters. The molecule has 1 aromatic rings. The summed E-state index contributed by atoms with van der Waals surface area (Å²) in [5.74, 6) is 0.603. The van der Waals surface area contributed by atoms with Crippen LogP contribution >= 0.6 is 11.6 Å². The highest BCUT2D eigenvalue weighted by Gasteiger charge is 2.37. The third-order valence-corrected chi connectivity index (χ3v) is 3.66. The van der Waals surface area contributed by atoms with Crippen molar-refractivity contribution in [2.75, 3.05) is 13.1 Å². The number of hydrogen-bond acceptors (Lipinski definition) is 3. The van der Waals surface area contributed by atoms with Crippen LogP contribution in [0, 0.1) is 0 Å². The molecular formula is C16H22ClNO3. The highest BCUT2D eigenvalue weighted by molar-refractivity contribution is 6.30. The van der Waals surface area contributed by atoms with Crippen LogP contribution in [-0.4, -0.2) is 41.7 Å². The van der Waals surface area contributed by atoms with Crippen LogP contribution in [-0.2, 0) is 9.53 Å². The fourth-order valence-corrected chi connectivity index (χ4v) is 2.69. The first kappa shape index (κ1) is 16.1. The first-order valence-electron chi connectivity index (χ1n) is 7.17. The molecule has 2 rings (SSSR count). The molecule has 0 bridgehead atoms. The van der Waals surface area contributed by atoms with Gasteiger partial charge in [-0.3, -0.25) is 4.79 Å². The number of morpholine rings is 1. The second-order valence-electron chi connectivity index (χ2n) is 6.03. The molecule has 1 aromatic carbocycles. The maximum atomic E-state index is 12.7. The largest absolute Gasteiger partial charge is 0.478 e. The fourth-order valence-electron chi connectivity index (χ4n) is 2.57. The summed E-state index contributed by atoms with van der Waals surface area (Å²) in [4.78, 5) is 14.5. The first-order chi connectivity index (χ1) is 9.78. The van der Waals surface area contributed by atoms with Crippen molar-refractivity contribution in [3.05, 3.63) is 29.3 Å². The van der Waals surface area contributed by atoms with Gasteiger partial charge in [0.25, 0.3) is 5.91 Å². The lowest BCUT2D eigenvalue weighted by Crippen LogP contribution is -2.55. The monoisotopic (exact) mass is 311 g/mol. The predicted molar refractivity (Wildman–Crippen MR) is 82.7 cm³/mol. The molecule has 1 aliphatic heterocycles. The second-order valence-corrected chi connectivity index (χ2v) is 6.47. The van der Waals surface area contributed by atoms with Crippen molar-refractivity contribution >= 4 is 17.5 Å². The Morgan fingerprint density at radius 1 is 1.24 bits per heavy atom. The summed E-state index contributed by atoms with van der Waals surface area (Å²) in [6, 6.07) is 7.02. The van der Waals surface area contributed by atoms with Gasteiger partial charge in [0.1, 0.15) is 5.75 Å². The van der Waals surface area contributed by atoms with Crippen molar-refractivity contribution < 1.29 is 14.3 Å². The Balaban J connectivity index is 2.07. The van der Waals surface area contributed by atoms with Crippen molar-refractivity contribution in [3.63, 3.8) is 0 Å². The lowest BCUT2D eigenvalue weighted by molar-refractivity contribution is -0.156. The molecule has 1 aliphatic rings. The number of ether oxygens (including phenoxy) is 2. The minimum Gasteiger partial charge on any atom is -0.478 e. The summed E-state index contributed by atoms with van der Waals surface area (Å²) < 4.78 is 11.5. The van der Waals surface area contributed by atoms with E-state index in [-0.39, 0.29) is 18.1 Å². The van der Waals surface area contributed by atoms with Crippen LogP contribution in [0.3, 0.4) is 0 Å². The number of carbonyl (C=O) groups excluding carboxylic acids is 1. The molecule has 0 unspecified atom stereocenters. The standard InChI is InChI=1S/C16H22ClNO3/c1-11-9-18(10-12(2)20-11)15(19)16(3,4)21-14-7-5-13(17)6-8-14/h5-8,11-12H,9-10H2,1-4H3/t11-,12-/m1/s1. The van der Waals surface area contributed by atoms with Gasteiger partial charge in [0.15, 0.2) is 5.60 Å². The van der Waals surface area contributed by atoms with E-state index in [4.69, 9.17) is 21.1 Å². The quantitative estimate of drug-likeness (QED) is 0.861. The number of halogens is 1. The van der Waals surface area contributed by atoms with Crippen LogP contribution in [0.4, 0.5) is 0 Å². The van der Waals surface area contributed by atoms with E-state index < -0.39 is 5.60 Å². The molecular weight excluding hydrogens is 290 g/mol. The van der Waals surface area contributed by atoms with E-state index >= 15 is 0 Å². The molecule has 1 fully saturated rings. The van der Waals surface area contributed by atoms with Crippen LogP contribution in [0.5, 0.6) is 5.75 Å². The molecule has 1 amide bonds. The predicted octanol–water partition coefficient (Wildman–Crippen LogP) is 3.13. The molecule has 4 nitrogen and oxygen atoms in total. The normalized spacial score (nSPS) is 23.0. The van der Waals surface area contributed by atoms with Gasteiger partial charge < -0.3 is 14.4 Å². The minimum absolute atomic E-state index is 0.0283. The van der Waals surface area contributed by atoms with E-state index in [1.54, 1.807) is 38.1 Å².